The van der Waals surface area contributed by atoms with Crippen LogP contribution in [0.2, 0.25) is 0 Å². The maximum Gasteiger partial charge on any atom is 0.310 e. The molecule has 108 valence electrons. The Morgan fingerprint density at radius 2 is 2.30 bits per heavy atom. The molecule has 0 spiro atoms. The molecule has 1 unspecified atom stereocenters. The zero-order chi connectivity index (χ0) is 14.7. The van der Waals surface area contributed by atoms with Gasteiger partial charge in [0, 0.05) is 12.1 Å². The fourth-order valence-corrected chi connectivity index (χ4v) is 1.81. The number of primary amides is 1. The van der Waals surface area contributed by atoms with Crippen molar-refractivity contribution in [3.63, 3.8) is 0 Å². The van der Waals surface area contributed by atoms with Crippen molar-refractivity contribution in [1.82, 2.24) is 5.32 Å². The van der Waals surface area contributed by atoms with Gasteiger partial charge in [-0.15, -0.1) is 0 Å². The van der Waals surface area contributed by atoms with Crippen molar-refractivity contribution < 1.29 is 14.5 Å². The van der Waals surface area contributed by atoms with Crippen LogP contribution in [-0.4, -0.2) is 29.5 Å². The molecule has 0 aliphatic heterocycles. The highest BCUT2D eigenvalue weighted by Crippen LogP contribution is 2.28. The SMILES string of the molecule is Cc1ccc([N+](=O)[O-])c(OCC(NC2CC2)C(N)=O)c1. The third-order valence-corrected chi connectivity index (χ3v) is 3.08. The largest absolute Gasteiger partial charge is 0.485 e. The summed E-state index contributed by atoms with van der Waals surface area (Å²) in [5, 5.41) is 14.0. The average molecular weight is 279 g/mol. The predicted octanol–water partition coefficient (Wildman–Crippen LogP) is 0.888. The molecule has 0 saturated heterocycles. The molecule has 20 heavy (non-hydrogen) atoms. The minimum absolute atomic E-state index is 0.0177. The van der Waals surface area contributed by atoms with E-state index >= 15 is 0 Å². The van der Waals surface area contributed by atoms with Gasteiger partial charge < -0.3 is 15.8 Å². The highest BCUT2D eigenvalue weighted by atomic mass is 16.6. The summed E-state index contributed by atoms with van der Waals surface area (Å²) < 4.78 is 5.43. The molecule has 0 aromatic heterocycles. The summed E-state index contributed by atoms with van der Waals surface area (Å²) in [6, 6.07) is 4.26. The number of nitrogens with zero attached hydrogens (tertiary/aromatic N) is 1. The molecule has 1 fully saturated rings. The fraction of sp³-hybridized carbons (Fsp3) is 0.462. The number of nitrogens with one attached hydrogen (secondary N) is 1. The number of aryl methyl sites for hydroxylation is 1. The molecule has 1 aliphatic rings. The first-order chi connectivity index (χ1) is 9.47. The number of hydrogen-bond donors (Lipinski definition) is 2. The molecule has 3 N–H and O–H groups in total. The van der Waals surface area contributed by atoms with E-state index in [2.05, 4.69) is 5.32 Å². The molecule has 7 nitrogen and oxygen atoms in total. The second-order valence-corrected chi connectivity index (χ2v) is 4.94. The third kappa shape index (κ3) is 3.67. The summed E-state index contributed by atoms with van der Waals surface area (Å²) in [5.74, 6) is -0.369. The Balaban J connectivity index is 2.06. The quantitative estimate of drug-likeness (QED) is 0.569. The summed E-state index contributed by atoms with van der Waals surface area (Å²) >= 11 is 0. The van der Waals surface area contributed by atoms with E-state index in [1.807, 2.05) is 6.92 Å². The molecule has 0 heterocycles. The molecular formula is C13H17N3O4. The average Bonchev–Trinajstić information content (AvgIpc) is 3.17. The van der Waals surface area contributed by atoms with Gasteiger partial charge in [-0.05, 0) is 31.4 Å². The van der Waals surface area contributed by atoms with Crippen LogP contribution >= 0.6 is 0 Å². The number of hydrogen-bond acceptors (Lipinski definition) is 5. The lowest BCUT2D eigenvalue weighted by Gasteiger charge is -2.16. The van der Waals surface area contributed by atoms with Crippen LogP contribution < -0.4 is 15.8 Å². The van der Waals surface area contributed by atoms with Crippen LogP contribution in [0, 0.1) is 17.0 Å². The predicted molar refractivity (Wildman–Crippen MR) is 72.5 cm³/mol. The number of carbonyl (C=O) groups excluding carboxylic acids is 1. The maximum absolute atomic E-state index is 11.3. The minimum atomic E-state index is -0.636. The van der Waals surface area contributed by atoms with E-state index in [0.29, 0.717) is 6.04 Å². The van der Waals surface area contributed by atoms with E-state index in [-0.39, 0.29) is 18.0 Å². The molecule has 1 aromatic carbocycles. The molecule has 1 saturated carbocycles. The Hall–Kier alpha value is -2.15. The Morgan fingerprint density at radius 3 is 2.85 bits per heavy atom. The molecule has 1 aromatic rings. The Bertz CT molecular complexity index is 528. The van der Waals surface area contributed by atoms with Crippen molar-refractivity contribution in [1.29, 1.82) is 0 Å². The number of ether oxygens (including phenoxy) is 1. The van der Waals surface area contributed by atoms with Crippen molar-refractivity contribution in [3.8, 4) is 5.75 Å². The molecule has 1 aliphatic carbocycles. The van der Waals surface area contributed by atoms with Crippen LogP contribution in [0.25, 0.3) is 0 Å². The Kier molecular flexibility index (Phi) is 4.19. The molecule has 1 atom stereocenters. The second-order valence-electron chi connectivity index (χ2n) is 4.94. The van der Waals surface area contributed by atoms with Crippen molar-refractivity contribution >= 4 is 11.6 Å². The van der Waals surface area contributed by atoms with Crippen LogP contribution in [-0.2, 0) is 4.79 Å². The van der Waals surface area contributed by atoms with E-state index in [4.69, 9.17) is 10.5 Å². The molecule has 2 rings (SSSR count). The van der Waals surface area contributed by atoms with Crippen LogP contribution in [0.1, 0.15) is 18.4 Å². The Labute approximate surface area is 116 Å². The van der Waals surface area contributed by atoms with Gasteiger partial charge in [0.05, 0.1) is 4.92 Å². The van der Waals surface area contributed by atoms with Gasteiger partial charge in [-0.3, -0.25) is 14.9 Å². The van der Waals surface area contributed by atoms with Crippen molar-refractivity contribution in [2.45, 2.75) is 31.8 Å². The number of nitro benzene ring substituents is 1. The number of amides is 1. The summed E-state index contributed by atoms with van der Waals surface area (Å²) in [7, 11) is 0. The molecule has 0 radical (unpaired) electrons. The molecular weight excluding hydrogens is 262 g/mol. The highest BCUT2D eigenvalue weighted by molar-refractivity contribution is 5.80. The van der Waals surface area contributed by atoms with Gasteiger partial charge in [-0.2, -0.15) is 0 Å². The van der Waals surface area contributed by atoms with E-state index in [1.165, 1.54) is 6.07 Å². The lowest BCUT2D eigenvalue weighted by molar-refractivity contribution is -0.385. The van der Waals surface area contributed by atoms with Gasteiger partial charge in [-0.1, -0.05) is 6.07 Å². The van der Waals surface area contributed by atoms with E-state index in [1.54, 1.807) is 12.1 Å². The van der Waals surface area contributed by atoms with Crippen LogP contribution in [0.4, 0.5) is 5.69 Å². The van der Waals surface area contributed by atoms with E-state index < -0.39 is 16.9 Å². The fourth-order valence-electron chi connectivity index (χ4n) is 1.81. The zero-order valence-corrected chi connectivity index (χ0v) is 11.2. The third-order valence-electron chi connectivity index (χ3n) is 3.08. The van der Waals surface area contributed by atoms with Crippen LogP contribution in [0.15, 0.2) is 18.2 Å². The Morgan fingerprint density at radius 1 is 1.60 bits per heavy atom. The molecule has 1 amide bonds. The first-order valence-corrected chi connectivity index (χ1v) is 6.40. The van der Waals surface area contributed by atoms with Crippen molar-refractivity contribution in [2.75, 3.05) is 6.61 Å². The van der Waals surface area contributed by atoms with E-state index in [9.17, 15) is 14.9 Å². The standard InChI is InChI=1S/C13H17N3O4/c1-8-2-5-11(16(18)19)12(6-8)20-7-10(13(14)17)15-9-3-4-9/h2,5-6,9-10,15H,3-4,7H2,1H3,(H2,14,17). The minimum Gasteiger partial charge on any atom is -0.485 e. The lowest BCUT2D eigenvalue weighted by Crippen LogP contribution is -2.46. The van der Waals surface area contributed by atoms with Crippen LogP contribution in [0.3, 0.4) is 0 Å². The van der Waals surface area contributed by atoms with Crippen LogP contribution in [0.5, 0.6) is 5.75 Å². The van der Waals surface area contributed by atoms with Gasteiger partial charge in [-0.25, -0.2) is 0 Å². The highest BCUT2D eigenvalue weighted by Gasteiger charge is 2.28. The summed E-state index contributed by atoms with van der Waals surface area (Å²) in [6.45, 7) is 1.79. The van der Waals surface area contributed by atoms with Crippen molar-refractivity contribution in [3.05, 3.63) is 33.9 Å². The first-order valence-electron chi connectivity index (χ1n) is 6.40. The zero-order valence-electron chi connectivity index (χ0n) is 11.2. The number of rotatable bonds is 7. The first kappa shape index (κ1) is 14.3. The smallest absolute Gasteiger partial charge is 0.310 e. The van der Waals surface area contributed by atoms with E-state index in [0.717, 1.165) is 18.4 Å². The maximum atomic E-state index is 11.3. The van der Waals surface area contributed by atoms with Gasteiger partial charge >= 0.3 is 5.69 Å². The number of carbonyl (C=O) groups is 1. The van der Waals surface area contributed by atoms with Gasteiger partial charge in [0.1, 0.15) is 12.6 Å². The number of nitro groups is 1. The molecule has 7 heteroatoms. The topological polar surface area (TPSA) is 107 Å². The summed E-state index contributed by atoms with van der Waals surface area (Å²) in [6.07, 6.45) is 2.02. The normalized spacial score (nSPS) is 15.7. The monoisotopic (exact) mass is 279 g/mol. The lowest BCUT2D eigenvalue weighted by atomic mass is 10.2. The molecule has 0 bridgehead atoms. The number of nitrogens with two attached hydrogens (primary N) is 1. The number of benzene rings is 1. The second kappa shape index (κ2) is 5.87. The van der Waals surface area contributed by atoms with Crippen molar-refractivity contribution in [2.24, 2.45) is 5.73 Å². The summed E-state index contributed by atoms with van der Waals surface area (Å²) in [5.41, 5.74) is 6.01. The van der Waals surface area contributed by atoms with Gasteiger partial charge in [0.2, 0.25) is 5.91 Å². The van der Waals surface area contributed by atoms with Gasteiger partial charge in [0.15, 0.2) is 5.75 Å². The van der Waals surface area contributed by atoms with Gasteiger partial charge in [0.25, 0.3) is 0 Å². The summed E-state index contributed by atoms with van der Waals surface area (Å²) in [4.78, 5) is 21.7.